The van der Waals surface area contributed by atoms with E-state index in [-0.39, 0.29) is 24.6 Å². The van der Waals surface area contributed by atoms with Crippen LogP contribution in [-0.2, 0) is 32.5 Å². The van der Waals surface area contributed by atoms with Gasteiger partial charge in [-0.15, -0.1) is 0 Å². The van der Waals surface area contributed by atoms with Gasteiger partial charge in [0.15, 0.2) is 9.84 Å². The summed E-state index contributed by atoms with van der Waals surface area (Å²) < 4.78 is 24.7. The van der Waals surface area contributed by atoms with Crippen molar-refractivity contribution >= 4 is 21.7 Å². The van der Waals surface area contributed by atoms with E-state index in [1.807, 2.05) is 60.7 Å². The molecular weight excluding hydrogens is 364 g/mol. The summed E-state index contributed by atoms with van der Waals surface area (Å²) in [6.07, 6.45) is 0. The standard InChI is InChI=1S/C20H20N2O4S/c23-19-20(24)22(12-16-9-5-2-6-10-16)18-14-27(25,26)13-17(18)21(19)11-15-7-3-1-4-8-15/h1-10,17-18H,11-14H2. The van der Waals surface area contributed by atoms with Crippen molar-refractivity contribution in [3.05, 3.63) is 71.8 Å². The summed E-state index contributed by atoms with van der Waals surface area (Å²) in [6.45, 7) is 0.475. The molecule has 2 unspecified atom stereocenters. The van der Waals surface area contributed by atoms with Gasteiger partial charge in [-0.25, -0.2) is 8.42 Å². The van der Waals surface area contributed by atoms with Gasteiger partial charge in [-0.2, -0.15) is 0 Å². The molecule has 7 heteroatoms. The predicted octanol–water partition coefficient (Wildman–Crippen LogP) is 1.22. The fourth-order valence-corrected chi connectivity index (χ4v) is 5.87. The first kappa shape index (κ1) is 17.7. The van der Waals surface area contributed by atoms with Gasteiger partial charge in [-0.1, -0.05) is 60.7 Å². The minimum Gasteiger partial charge on any atom is -0.324 e. The first-order valence-corrected chi connectivity index (χ1v) is 10.7. The smallest absolute Gasteiger partial charge is 0.312 e. The lowest BCUT2D eigenvalue weighted by atomic mass is 10.0. The lowest BCUT2D eigenvalue weighted by Gasteiger charge is -2.43. The number of rotatable bonds is 4. The fraction of sp³-hybridized carbons (Fsp3) is 0.300. The van der Waals surface area contributed by atoms with E-state index in [9.17, 15) is 18.0 Å². The van der Waals surface area contributed by atoms with Gasteiger partial charge in [-0.3, -0.25) is 9.59 Å². The molecule has 0 spiro atoms. The molecule has 2 fully saturated rings. The Labute approximate surface area is 158 Å². The monoisotopic (exact) mass is 384 g/mol. The van der Waals surface area contributed by atoms with Gasteiger partial charge in [0.2, 0.25) is 0 Å². The number of fused-ring (bicyclic) bond motifs is 1. The molecule has 140 valence electrons. The maximum absolute atomic E-state index is 12.8. The number of sulfone groups is 1. The Morgan fingerprint density at radius 3 is 1.44 bits per heavy atom. The number of carbonyl (C=O) groups excluding carboxylic acids is 2. The maximum Gasteiger partial charge on any atom is 0.312 e. The van der Waals surface area contributed by atoms with Gasteiger partial charge in [0.1, 0.15) is 0 Å². The maximum atomic E-state index is 12.8. The zero-order valence-electron chi connectivity index (χ0n) is 14.7. The largest absolute Gasteiger partial charge is 0.324 e. The molecule has 2 aliphatic rings. The number of benzene rings is 2. The zero-order valence-corrected chi connectivity index (χ0v) is 15.5. The van der Waals surface area contributed by atoms with E-state index >= 15 is 0 Å². The number of carbonyl (C=O) groups is 2. The lowest BCUT2D eigenvalue weighted by Crippen LogP contribution is -2.63. The van der Waals surface area contributed by atoms with Crippen molar-refractivity contribution in [1.82, 2.24) is 9.80 Å². The molecule has 27 heavy (non-hydrogen) atoms. The van der Waals surface area contributed by atoms with Gasteiger partial charge >= 0.3 is 11.8 Å². The molecule has 2 aliphatic heterocycles. The highest BCUT2D eigenvalue weighted by Gasteiger charge is 2.52. The summed E-state index contributed by atoms with van der Waals surface area (Å²) in [6, 6.07) is 17.6. The average Bonchev–Trinajstić information content (AvgIpc) is 2.99. The molecule has 0 bridgehead atoms. The van der Waals surface area contributed by atoms with Crippen LogP contribution in [0.25, 0.3) is 0 Å². The summed E-state index contributed by atoms with van der Waals surface area (Å²) in [5.74, 6) is -1.47. The molecule has 6 nitrogen and oxygen atoms in total. The third-order valence-electron chi connectivity index (χ3n) is 5.19. The van der Waals surface area contributed by atoms with Crippen LogP contribution in [0.3, 0.4) is 0 Å². The van der Waals surface area contributed by atoms with Crippen LogP contribution in [0.5, 0.6) is 0 Å². The molecule has 0 aromatic heterocycles. The SMILES string of the molecule is O=C1C(=O)N(Cc2ccccc2)C2CS(=O)(=O)CC2N1Cc1ccccc1. The van der Waals surface area contributed by atoms with Crippen LogP contribution in [0, 0.1) is 0 Å². The van der Waals surface area contributed by atoms with Crippen molar-refractivity contribution in [3.8, 4) is 0 Å². The highest BCUT2D eigenvalue weighted by molar-refractivity contribution is 7.91. The summed E-state index contributed by atoms with van der Waals surface area (Å²) in [5, 5.41) is 0. The topological polar surface area (TPSA) is 74.8 Å². The third kappa shape index (κ3) is 3.47. The second-order valence-corrected chi connectivity index (χ2v) is 9.20. The molecule has 2 atom stereocenters. The van der Waals surface area contributed by atoms with E-state index in [0.29, 0.717) is 0 Å². The Hall–Kier alpha value is -2.67. The molecule has 2 heterocycles. The number of amides is 2. The molecule has 2 saturated heterocycles. The molecule has 0 aliphatic carbocycles. The molecule has 2 aromatic rings. The van der Waals surface area contributed by atoms with E-state index in [2.05, 4.69) is 0 Å². The number of piperazine rings is 1. The molecular formula is C20H20N2O4S. The average molecular weight is 384 g/mol. The van der Waals surface area contributed by atoms with E-state index in [0.717, 1.165) is 11.1 Å². The molecule has 0 N–H and O–H groups in total. The molecule has 4 rings (SSSR count). The Morgan fingerprint density at radius 2 is 1.07 bits per heavy atom. The Morgan fingerprint density at radius 1 is 0.704 bits per heavy atom. The van der Waals surface area contributed by atoms with Crippen LogP contribution in [0.4, 0.5) is 0 Å². The first-order valence-electron chi connectivity index (χ1n) is 8.84. The highest BCUT2D eigenvalue weighted by atomic mass is 32.2. The van der Waals surface area contributed by atoms with Crippen molar-refractivity contribution in [2.45, 2.75) is 25.2 Å². The van der Waals surface area contributed by atoms with Crippen molar-refractivity contribution in [3.63, 3.8) is 0 Å². The summed E-state index contributed by atoms with van der Waals surface area (Å²) in [4.78, 5) is 28.5. The number of nitrogens with zero attached hydrogens (tertiary/aromatic N) is 2. The molecule has 0 radical (unpaired) electrons. The Balaban J connectivity index is 1.66. The Bertz CT molecular complexity index is 886. The summed E-state index contributed by atoms with van der Waals surface area (Å²) in [7, 11) is -3.31. The van der Waals surface area contributed by atoms with Gasteiger partial charge in [0.25, 0.3) is 0 Å². The second kappa shape index (κ2) is 6.81. The third-order valence-corrected chi connectivity index (χ3v) is 6.89. The van der Waals surface area contributed by atoms with Crippen molar-refractivity contribution in [2.24, 2.45) is 0 Å². The number of hydrogen-bond donors (Lipinski definition) is 0. The van der Waals surface area contributed by atoms with Gasteiger partial charge in [0.05, 0.1) is 23.6 Å². The van der Waals surface area contributed by atoms with Crippen LogP contribution in [0.1, 0.15) is 11.1 Å². The molecule has 0 saturated carbocycles. The quantitative estimate of drug-likeness (QED) is 0.743. The van der Waals surface area contributed by atoms with Crippen molar-refractivity contribution in [1.29, 1.82) is 0 Å². The van der Waals surface area contributed by atoms with Gasteiger partial charge < -0.3 is 9.80 Å². The Kier molecular flexibility index (Phi) is 4.47. The van der Waals surface area contributed by atoms with E-state index < -0.39 is 33.7 Å². The minimum atomic E-state index is -3.31. The van der Waals surface area contributed by atoms with E-state index in [1.165, 1.54) is 9.80 Å². The van der Waals surface area contributed by atoms with Crippen LogP contribution in [0.15, 0.2) is 60.7 Å². The van der Waals surface area contributed by atoms with Gasteiger partial charge in [-0.05, 0) is 11.1 Å². The number of hydrogen-bond acceptors (Lipinski definition) is 4. The highest BCUT2D eigenvalue weighted by Crippen LogP contribution is 2.30. The minimum absolute atomic E-state index is 0.102. The van der Waals surface area contributed by atoms with Crippen molar-refractivity contribution < 1.29 is 18.0 Å². The van der Waals surface area contributed by atoms with Crippen LogP contribution in [-0.4, -0.2) is 53.6 Å². The van der Waals surface area contributed by atoms with Gasteiger partial charge in [0, 0.05) is 13.1 Å². The van der Waals surface area contributed by atoms with E-state index in [4.69, 9.17) is 0 Å². The fourth-order valence-electron chi connectivity index (χ4n) is 3.89. The van der Waals surface area contributed by atoms with E-state index in [1.54, 1.807) is 0 Å². The normalized spacial score (nSPS) is 24.1. The summed E-state index contributed by atoms with van der Waals surface area (Å²) in [5.41, 5.74) is 1.75. The van der Waals surface area contributed by atoms with Crippen LogP contribution < -0.4 is 0 Å². The molecule has 2 aromatic carbocycles. The molecule has 2 amide bonds. The lowest BCUT2D eigenvalue weighted by molar-refractivity contribution is -0.162. The van der Waals surface area contributed by atoms with Crippen molar-refractivity contribution in [2.75, 3.05) is 11.5 Å². The van der Waals surface area contributed by atoms with Crippen LogP contribution >= 0.6 is 0 Å². The van der Waals surface area contributed by atoms with Crippen LogP contribution in [0.2, 0.25) is 0 Å². The second-order valence-electron chi connectivity index (χ2n) is 7.05. The first-order chi connectivity index (χ1) is 12.9. The predicted molar refractivity (Wildman–Crippen MR) is 100 cm³/mol. The zero-order chi connectivity index (χ0) is 19.0. The summed E-state index contributed by atoms with van der Waals surface area (Å²) >= 11 is 0.